The zero-order valence-corrected chi connectivity index (χ0v) is 10.9. The fourth-order valence-electron chi connectivity index (χ4n) is 1.51. The maximum atomic E-state index is 6.07. The number of hydrogen-bond donors (Lipinski definition) is 1. The van der Waals surface area contributed by atoms with Gasteiger partial charge in [0.2, 0.25) is 0 Å². The number of anilines is 1. The van der Waals surface area contributed by atoms with Gasteiger partial charge in [-0.1, -0.05) is 23.2 Å². The van der Waals surface area contributed by atoms with Crippen molar-refractivity contribution in [1.82, 2.24) is 4.98 Å². The third-order valence-electron chi connectivity index (χ3n) is 2.55. The minimum absolute atomic E-state index is 0.663. The van der Waals surface area contributed by atoms with Crippen molar-refractivity contribution >= 4 is 28.9 Å². The average molecular weight is 267 g/mol. The lowest BCUT2D eigenvalue weighted by molar-refractivity contribution is 1.08. The van der Waals surface area contributed by atoms with E-state index in [2.05, 4.69) is 17.2 Å². The van der Waals surface area contributed by atoms with Crippen LogP contribution < -0.4 is 5.32 Å². The Kier molecular flexibility index (Phi) is 3.87. The smallest absolute Gasteiger partial charge is 0.0638 e. The first-order valence-corrected chi connectivity index (χ1v) is 6.01. The number of hydrogen-bond acceptors (Lipinski definition) is 2. The fourth-order valence-corrected chi connectivity index (χ4v) is 1.86. The van der Waals surface area contributed by atoms with E-state index >= 15 is 0 Å². The molecule has 88 valence electrons. The van der Waals surface area contributed by atoms with E-state index in [4.69, 9.17) is 23.2 Å². The molecule has 1 aromatic carbocycles. The second kappa shape index (κ2) is 5.39. The molecule has 1 heterocycles. The van der Waals surface area contributed by atoms with E-state index in [0.29, 0.717) is 16.6 Å². The average Bonchev–Trinajstić information content (AvgIpc) is 2.32. The minimum atomic E-state index is 0.663. The van der Waals surface area contributed by atoms with Gasteiger partial charge in [-0.25, -0.2) is 0 Å². The second-order valence-electron chi connectivity index (χ2n) is 3.78. The molecular weight excluding hydrogens is 255 g/mol. The summed E-state index contributed by atoms with van der Waals surface area (Å²) in [6.07, 6.45) is 3.63. The van der Waals surface area contributed by atoms with Crippen LogP contribution in [0, 0.1) is 6.92 Å². The lowest BCUT2D eigenvalue weighted by atomic mass is 10.1. The summed E-state index contributed by atoms with van der Waals surface area (Å²) in [6.45, 7) is 2.73. The van der Waals surface area contributed by atoms with Gasteiger partial charge in [0.1, 0.15) is 0 Å². The Morgan fingerprint density at radius 1 is 1.24 bits per heavy atom. The normalized spacial score (nSPS) is 10.3. The summed E-state index contributed by atoms with van der Waals surface area (Å²) in [5.41, 5.74) is 3.18. The molecule has 0 aliphatic heterocycles. The van der Waals surface area contributed by atoms with Crippen molar-refractivity contribution in [3.05, 3.63) is 57.8 Å². The monoisotopic (exact) mass is 266 g/mol. The maximum absolute atomic E-state index is 6.07. The molecule has 0 atom stereocenters. The van der Waals surface area contributed by atoms with Gasteiger partial charge < -0.3 is 5.32 Å². The Hall–Kier alpha value is -1.25. The van der Waals surface area contributed by atoms with Gasteiger partial charge in [-0.15, -0.1) is 0 Å². The summed E-state index contributed by atoms with van der Waals surface area (Å²) in [5.74, 6) is 0. The Morgan fingerprint density at radius 3 is 2.82 bits per heavy atom. The van der Waals surface area contributed by atoms with E-state index in [1.54, 1.807) is 18.3 Å². The highest BCUT2D eigenvalue weighted by molar-refractivity contribution is 6.35. The molecule has 0 aliphatic rings. The Balaban J connectivity index is 2.12. The molecule has 2 rings (SSSR count). The number of rotatable bonds is 3. The van der Waals surface area contributed by atoms with Crippen LogP contribution in [0.3, 0.4) is 0 Å². The summed E-state index contributed by atoms with van der Waals surface area (Å²) in [4.78, 5) is 4.10. The maximum Gasteiger partial charge on any atom is 0.0638 e. The highest BCUT2D eigenvalue weighted by Gasteiger charge is 2.02. The summed E-state index contributed by atoms with van der Waals surface area (Å²) in [5, 5.41) is 4.58. The first-order valence-electron chi connectivity index (χ1n) is 5.25. The number of nitrogens with zero attached hydrogens (tertiary/aromatic N) is 1. The van der Waals surface area contributed by atoms with Crippen molar-refractivity contribution in [2.45, 2.75) is 13.5 Å². The van der Waals surface area contributed by atoms with Crippen LogP contribution in [0.15, 0.2) is 36.7 Å². The minimum Gasteiger partial charge on any atom is -0.380 e. The predicted molar refractivity (Wildman–Crippen MR) is 72.8 cm³/mol. The molecule has 2 aromatic rings. The first kappa shape index (κ1) is 12.2. The first-order chi connectivity index (χ1) is 8.16. The molecule has 0 fully saturated rings. The van der Waals surface area contributed by atoms with Crippen LogP contribution >= 0.6 is 23.2 Å². The molecule has 0 saturated heterocycles. The van der Waals surface area contributed by atoms with Crippen LogP contribution in [-0.2, 0) is 6.54 Å². The molecule has 0 bridgehead atoms. The van der Waals surface area contributed by atoms with Crippen molar-refractivity contribution < 1.29 is 0 Å². The zero-order valence-electron chi connectivity index (χ0n) is 9.37. The van der Waals surface area contributed by atoms with Gasteiger partial charge in [0, 0.05) is 24.0 Å². The molecule has 17 heavy (non-hydrogen) atoms. The number of nitrogens with one attached hydrogen (secondary N) is 1. The van der Waals surface area contributed by atoms with E-state index in [1.807, 2.05) is 18.3 Å². The molecule has 4 heteroatoms. The third kappa shape index (κ3) is 3.11. The summed E-state index contributed by atoms with van der Waals surface area (Å²) in [7, 11) is 0. The van der Waals surface area contributed by atoms with Crippen molar-refractivity contribution in [2.75, 3.05) is 5.32 Å². The van der Waals surface area contributed by atoms with Gasteiger partial charge in [-0.3, -0.25) is 4.98 Å². The van der Waals surface area contributed by atoms with Gasteiger partial charge in [0.05, 0.1) is 10.7 Å². The molecular formula is C13H12Cl2N2. The molecule has 0 radical (unpaired) electrons. The Bertz CT molecular complexity index is 527. The molecule has 0 spiro atoms. The Labute approximate surface area is 111 Å². The predicted octanol–water partition coefficient (Wildman–Crippen LogP) is 4.31. The van der Waals surface area contributed by atoms with Crippen LogP contribution in [0.4, 0.5) is 5.69 Å². The molecule has 0 aliphatic carbocycles. The van der Waals surface area contributed by atoms with Crippen LogP contribution in [0.2, 0.25) is 10.0 Å². The summed E-state index contributed by atoms with van der Waals surface area (Å²) in [6, 6.07) is 7.35. The van der Waals surface area contributed by atoms with Crippen molar-refractivity contribution in [2.24, 2.45) is 0 Å². The fraction of sp³-hybridized carbons (Fsp3) is 0.154. The van der Waals surface area contributed by atoms with Crippen LogP contribution in [0.25, 0.3) is 0 Å². The van der Waals surface area contributed by atoms with Gasteiger partial charge >= 0.3 is 0 Å². The number of aromatic nitrogens is 1. The summed E-state index contributed by atoms with van der Waals surface area (Å²) >= 11 is 12.0. The van der Waals surface area contributed by atoms with Crippen LogP contribution in [-0.4, -0.2) is 4.98 Å². The highest BCUT2D eigenvalue weighted by atomic mass is 35.5. The Morgan fingerprint density at radius 2 is 2.06 bits per heavy atom. The van der Waals surface area contributed by atoms with Crippen molar-refractivity contribution in [1.29, 1.82) is 0 Å². The lowest BCUT2D eigenvalue weighted by Crippen LogP contribution is -2.02. The van der Waals surface area contributed by atoms with Gasteiger partial charge in [0.15, 0.2) is 0 Å². The molecule has 0 amide bonds. The highest BCUT2D eigenvalue weighted by Crippen LogP contribution is 2.25. The number of pyridine rings is 1. The number of aryl methyl sites for hydroxylation is 1. The number of halogens is 2. The second-order valence-corrected chi connectivity index (χ2v) is 4.62. The molecule has 2 nitrogen and oxygen atoms in total. The quantitative estimate of drug-likeness (QED) is 0.896. The third-order valence-corrected chi connectivity index (χ3v) is 3.11. The van der Waals surface area contributed by atoms with E-state index in [-0.39, 0.29) is 0 Å². The molecule has 0 unspecified atom stereocenters. The van der Waals surface area contributed by atoms with E-state index in [0.717, 1.165) is 11.3 Å². The van der Waals surface area contributed by atoms with Crippen molar-refractivity contribution in [3.63, 3.8) is 0 Å². The lowest BCUT2D eigenvalue weighted by Gasteiger charge is -2.10. The molecule has 1 N–H and O–H groups in total. The van der Waals surface area contributed by atoms with E-state index < -0.39 is 0 Å². The van der Waals surface area contributed by atoms with Crippen molar-refractivity contribution in [3.8, 4) is 0 Å². The standard InChI is InChI=1S/C13H12Cl2N2/c1-9-4-5-16-7-10(9)8-17-13-6-11(14)2-3-12(13)15/h2-7,17H,8H2,1H3. The van der Waals surface area contributed by atoms with Crippen LogP contribution in [0.1, 0.15) is 11.1 Å². The van der Waals surface area contributed by atoms with Gasteiger partial charge in [0.25, 0.3) is 0 Å². The van der Waals surface area contributed by atoms with Gasteiger partial charge in [-0.05, 0) is 42.3 Å². The number of benzene rings is 1. The molecule has 0 saturated carbocycles. The SMILES string of the molecule is Cc1ccncc1CNc1cc(Cl)ccc1Cl. The van der Waals surface area contributed by atoms with Crippen LogP contribution in [0.5, 0.6) is 0 Å². The topological polar surface area (TPSA) is 24.9 Å². The van der Waals surface area contributed by atoms with Gasteiger partial charge in [-0.2, -0.15) is 0 Å². The van der Waals surface area contributed by atoms with E-state index in [9.17, 15) is 0 Å². The molecule has 1 aromatic heterocycles. The zero-order chi connectivity index (χ0) is 12.3. The summed E-state index contributed by atoms with van der Waals surface area (Å²) < 4.78 is 0. The largest absolute Gasteiger partial charge is 0.380 e. The van der Waals surface area contributed by atoms with E-state index in [1.165, 1.54) is 5.56 Å².